The van der Waals surface area contributed by atoms with Crippen LogP contribution in [-0.2, 0) is 4.74 Å². The van der Waals surface area contributed by atoms with Crippen molar-refractivity contribution in [3.63, 3.8) is 0 Å². The summed E-state index contributed by atoms with van der Waals surface area (Å²) >= 11 is 0. The molecule has 102 valence electrons. The highest BCUT2D eigenvalue weighted by Gasteiger charge is 2.39. The van der Waals surface area contributed by atoms with Crippen LogP contribution in [0.25, 0.3) is 0 Å². The number of pyridine rings is 1. The summed E-state index contributed by atoms with van der Waals surface area (Å²) in [7, 11) is 2.10. The molecule has 0 radical (unpaired) electrons. The topological polar surface area (TPSA) is 42.4 Å². The molecule has 2 aliphatic rings. The molecule has 2 aliphatic heterocycles. The van der Waals surface area contributed by atoms with Gasteiger partial charge in [-0.1, -0.05) is 0 Å². The number of morpholine rings is 1. The van der Waals surface area contributed by atoms with E-state index in [1.807, 2.05) is 0 Å². The minimum Gasteiger partial charge on any atom is -0.378 e. The van der Waals surface area contributed by atoms with Crippen molar-refractivity contribution in [2.24, 2.45) is 5.92 Å². The maximum atomic E-state index is 12.8. The van der Waals surface area contributed by atoms with Gasteiger partial charge in [-0.15, -0.1) is 0 Å². The zero-order valence-electron chi connectivity index (χ0n) is 10.9. The number of fused-ring (bicyclic) bond motifs is 2. The van der Waals surface area contributed by atoms with E-state index in [-0.39, 0.29) is 11.7 Å². The van der Waals surface area contributed by atoms with Gasteiger partial charge in [-0.2, -0.15) is 4.39 Å². The second-order valence-corrected chi connectivity index (χ2v) is 5.41. The third-order valence-corrected chi connectivity index (χ3v) is 4.27. The average Bonchev–Trinajstić information content (AvgIpc) is 2.38. The third kappa shape index (κ3) is 2.40. The lowest BCUT2D eigenvalue weighted by Gasteiger charge is -2.46. The number of ether oxygens (including phenoxy) is 1. The van der Waals surface area contributed by atoms with Crippen molar-refractivity contribution in [1.82, 2.24) is 9.88 Å². The van der Waals surface area contributed by atoms with Crippen LogP contribution in [-0.4, -0.2) is 48.0 Å². The molecule has 0 saturated carbocycles. The molecule has 2 atom stereocenters. The maximum absolute atomic E-state index is 12.8. The normalized spacial score (nSPS) is 31.2. The third-order valence-electron chi connectivity index (χ3n) is 4.27. The minimum absolute atomic E-state index is 0.00219. The zero-order chi connectivity index (χ0) is 13.4. The first-order valence-corrected chi connectivity index (χ1v) is 6.60. The quantitative estimate of drug-likeness (QED) is 0.600. The maximum Gasteiger partial charge on any atom is 0.212 e. The Labute approximate surface area is 111 Å². The number of ketones is 1. The molecule has 5 heteroatoms. The van der Waals surface area contributed by atoms with Crippen LogP contribution < -0.4 is 0 Å². The fourth-order valence-electron chi connectivity index (χ4n) is 3.07. The van der Waals surface area contributed by atoms with Crippen LogP contribution in [0, 0.1) is 11.9 Å². The zero-order valence-corrected chi connectivity index (χ0v) is 10.9. The molecule has 0 amide bonds. The summed E-state index contributed by atoms with van der Waals surface area (Å²) in [4.78, 5) is 18.3. The smallest absolute Gasteiger partial charge is 0.212 e. The van der Waals surface area contributed by atoms with E-state index in [9.17, 15) is 9.18 Å². The highest BCUT2D eigenvalue weighted by molar-refractivity contribution is 5.97. The number of carbonyl (C=O) groups is 1. The lowest BCUT2D eigenvalue weighted by atomic mass is 9.81. The second kappa shape index (κ2) is 4.98. The van der Waals surface area contributed by atoms with Gasteiger partial charge in [-0.3, -0.25) is 9.69 Å². The summed E-state index contributed by atoms with van der Waals surface area (Å²) in [5.41, 5.74) is 0.509. The Morgan fingerprint density at radius 1 is 1.37 bits per heavy atom. The highest BCUT2D eigenvalue weighted by atomic mass is 19.1. The number of carbonyl (C=O) groups excluding carboxylic acids is 1. The van der Waals surface area contributed by atoms with E-state index in [0.29, 0.717) is 30.9 Å². The van der Waals surface area contributed by atoms with Crippen molar-refractivity contribution in [2.75, 3.05) is 20.3 Å². The predicted octanol–water partition coefficient (Wildman–Crippen LogP) is 1.51. The largest absolute Gasteiger partial charge is 0.378 e. The Bertz CT molecular complexity index is 463. The molecule has 2 fully saturated rings. The van der Waals surface area contributed by atoms with E-state index in [1.54, 1.807) is 0 Å². The molecule has 1 aromatic rings. The number of halogens is 1. The van der Waals surface area contributed by atoms with Crippen molar-refractivity contribution in [3.05, 3.63) is 29.8 Å². The molecular formula is C14H17FN2O2. The highest BCUT2D eigenvalue weighted by Crippen LogP contribution is 2.32. The SMILES string of the molecule is CN1C2COCC1CC(C(=O)c1ccc(F)nc1)C2. The van der Waals surface area contributed by atoms with Crippen LogP contribution >= 0.6 is 0 Å². The molecule has 3 heterocycles. The van der Waals surface area contributed by atoms with E-state index >= 15 is 0 Å². The number of piperidine rings is 1. The van der Waals surface area contributed by atoms with Crippen molar-refractivity contribution in [3.8, 4) is 0 Å². The lowest BCUT2D eigenvalue weighted by molar-refractivity contribution is -0.0702. The monoisotopic (exact) mass is 264 g/mol. The number of rotatable bonds is 2. The Balaban J connectivity index is 1.76. The molecule has 19 heavy (non-hydrogen) atoms. The lowest BCUT2D eigenvalue weighted by Crippen LogP contribution is -2.55. The second-order valence-electron chi connectivity index (χ2n) is 5.41. The molecule has 4 nitrogen and oxygen atoms in total. The number of hydrogen-bond acceptors (Lipinski definition) is 4. The first-order valence-electron chi connectivity index (χ1n) is 6.60. The van der Waals surface area contributed by atoms with Crippen LogP contribution in [0.1, 0.15) is 23.2 Å². The van der Waals surface area contributed by atoms with E-state index < -0.39 is 5.95 Å². The van der Waals surface area contributed by atoms with Gasteiger partial charge in [0, 0.05) is 29.8 Å². The standard InChI is InChI=1S/C14H17FN2O2/c1-17-11-4-10(5-12(17)8-19-7-11)14(18)9-2-3-13(15)16-6-9/h2-3,6,10-12H,4-5,7-8H2,1H3. The minimum atomic E-state index is -0.551. The fraction of sp³-hybridized carbons (Fsp3) is 0.571. The molecule has 2 unspecified atom stereocenters. The van der Waals surface area contributed by atoms with Crippen LogP contribution in [0.2, 0.25) is 0 Å². The Hall–Kier alpha value is -1.33. The van der Waals surface area contributed by atoms with Gasteiger partial charge in [0.2, 0.25) is 5.95 Å². The van der Waals surface area contributed by atoms with Crippen LogP contribution in [0.5, 0.6) is 0 Å². The van der Waals surface area contributed by atoms with Gasteiger partial charge in [0.1, 0.15) is 0 Å². The van der Waals surface area contributed by atoms with E-state index in [2.05, 4.69) is 16.9 Å². The molecule has 0 aliphatic carbocycles. The van der Waals surface area contributed by atoms with Gasteiger partial charge in [-0.05, 0) is 32.0 Å². The first kappa shape index (κ1) is 12.7. The number of likely N-dealkylation sites (N-methyl/N-ethyl adjacent to an activating group) is 1. The molecule has 1 aromatic heterocycles. The van der Waals surface area contributed by atoms with Gasteiger partial charge in [0.15, 0.2) is 5.78 Å². The summed E-state index contributed by atoms with van der Waals surface area (Å²) in [6.07, 6.45) is 2.95. The van der Waals surface area contributed by atoms with Crippen molar-refractivity contribution in [1.29, 1.82) is 0 Å². The Kier molecular flexibility index (Phi) is 3.33. The summed E-state index contributed by atoms with van der Waals surface area (Å²) in [6.45, 7) is 1.39. The summed E-state index contributed by atoms with van der Waals surface area (Å²) in [5, 5.41) is 0. The number of Topliss-reactive ketones (excluding diaryl/α,β-unsaturated/α-hetero) is 1. The Morgan fingerprint density at radius 3 is 2.63 bits per heavy atom. The molecule has 3 rings (SSSR count). The van der Waals surface area contributed by atoms with Crippen molar-refractivity contribution >= 4 is 5.78 Å². The molecule has 0 aromatic carbocycles. The molecule has 0 spiro atoms. The molecule has 2 bridgehead atoms. The van der Waals surface area contributed by atoms with Crippen LogP contribution in [0.3, 0.4) is 0 Å². The van der Waals surface area contributed by atoms with Gasteiger partial charge < -0.3 is 4.74 Å². The molecular weight excluding hydrogens is 247 g/mol. The number of hydrogen-bond donors (Lipinski definition) is 0. The predicted molar refractivity (Wildman–Crippen MR) is 67.4 cm³/mol. The van der Waals surface area contributed by atoms with Crippen LogP contribution in [0.15, 0.2) is 18.3 Å². The fourth-order valence-corrected chi connectivity index (χ4v) is 3.07. The first-order chi connectivity index (χ1) is 9.15. The van der Waals surface area contributed by atoms with Gasteiger partial charge in [0.05, 0.1) is 13.2 Å². The van der Waals surface area contributed by atoms with Gasteiger partial charge in [0.25, 0.3) is 0 Å². The summed E-state index contributed by atoms with van der Waals surface area (Å²) < 4.78 is 18.3. The summed E-state index contributed by atoms with van der Waals surface area (Å²) in [6, 6.07) is 3.39. The Morgan fingerprint density at radius 2 is 2.05 bits per heavy atom. The summed E-state index contributed by atoms with van der Waals surface area (Å²) in [5.74, 6) is -0.468. The van der Waals surface area contributed by atoms with Crippen molar-refractivity contribution < 1.29 is 13.9 Å². The van der Waals surface area contributed by atoms with Gasteiger partial charge >= 0.3 is 0 Å². The average molecular weight is 264 g/mol. The van der Waals surface area contributed by atoms with E-state index in [1.165, 1.54) is 18.3 Å². The van der Waals surface area contributed by atoms with Crippen LogP contribution in [0.4, 0.5) is 4.39 Å². The van der Waals surface area contributed by atoms with E-state index in [4.69, 9.17) is 4.74 Å². The number of aromatic nitrogens is 1. The van der Waals surface area contributed by atoms with E-state index in [0.717, 1.165) is 12.8 Å². The van der Waals surface area contributed by atoms with Gasteiger partial charge in [-0.25, -0.2) is 4.98 Å². The molecule has 0 N–H and O–H groups in total. The van der Waals surface area contributed by atoms with Crippen molar-refractivity contribution in [2.45, 2.75) is 24.9 Å². The number of nitrogens with zero attached hydrogens (tertiary/aromatic N) is 2. The molecule has 2 saturated heterocycles.